The monoisotopic (exact) mass is 280 g/mol. The fraction of sp³-hybridized carbons (Fsp3) is 0.176. The average Bonchev–Trinajstić information content (AvgIpc) is 2.48. The van der Waals surface area contributed by atoms with Crippen molar-refractivity contribution in [3.05, 3.63) is 64.2 Å². The van der Waals surface area contributed by atoms with Gasteiger partial charge in [-0.3, -0.25) is 0 Å². The molecule has 0 atom stereocenters. The van der Waals surface area contributed by atoms with Crippen LogP contribution >= 0.6 is 0 Å². The van der Waals surface area contributed by atoms with Gasteiger partial charge in [0, 0.05) is 5.69 Å². The lowest BCUT2D eigenvalue weighted by atomic mass is 10.0. The molecule has 0 radical (unpaired) electrons. The molecule has 0 fully saturated rings. The van der Waals surface area contributed by atoms with Crippen LogP contribution in [-0.4, -0.2) is 5.97 Å². The summed E-state index contributed by atoms with van der Waals surface area (Å²) in [5.74, 6) is -0.415. The molecule has 0 aromatic heterocycles. The SMILES string of the molecule is Cc1cc(C)c(C(=O)OCc2cccc(C#N)c2)cc1N. The van der Waals surface area contributed by atoms with Crippen molar-refractivity contribution in [2.45, 2.75) is 20.5 Å². The second-order valence-electron chi connectivity index (χ2n) is 4.91. The van der Waals surface area contributed by atoms with Crippen LogP contribution in [0.25, 0.3) is 0 Å². The van der Waals surface area contributed by atoms with E-state index in [4.69, 9.17) is 15.7 Å². The molecule has 4 heteroatoms. The van der Waals surface area contributed by atoms with Gasteiger partial charge in [0.15, 0.2) is 0 Å². The van der Waals surface area contributed by atoms with E-state index in [-0.39, 0.29) is 6.61 Å². The largest absolute Gasteiger partial charge is 0.457 e. The molecule has 0 unspecified atom stereocenters. The number of nitrogen functional groups attached to an aromatic ring is 1. The van der Waals surface area contributed by atoms with Crippen molar-refractivity contribution < 1.29 is 9.53 Å². The molecular formula is C17H16N2O2. The normalized spacial score (nSPS) is 9.95. The van der Waals surface area contributed by atoms with Gasteiger partial charge in [0.2, 0.25) is 0 Å². The zero-order valence-electron chi connectivity index (χ0n) is 12.0. The first-order chi connectivity index (χ1) is 10.0. The van der Waals surface area contributed by atoms with E-state index < -0.39 is 5.97 Å². The zero-order valence-corrected chi connectivity index (χ0v) is 12.0. The van der Waals surface area contributed by atoms with Crippen LogP contribution in [0.3, 0.4) is 0 Å². The molecule has 4 nitrogen and oxygen atoms in total. The summed E-state index contributed by atoms with van der Waals surface area (Å²) in [6.07, 6.45) is 0. The van der Waals surface area contributed by atoms with E-state index >= 15 is 0 Å². The summed E-state index contributed by atoms with van der Waals surface area (Å²) >= 11 is 0. The first-order valence-electron chi connectivity index (χ1n) is 6.54. The topological polar surface area (TPSA) is 76.1 Å². The Morgan fingerprint density at radius 1 is 1.24 bits per heavy atom. The summed E-state index contributed by atoms with van der Waals surface area (Å²) in [5.41, 5.74) is 9.95. The van der Waals surface area contributed by atoms with Crippen LogP contribution < -0.4 is 5.73 Å². The lowest BCUT2D eigenvalue weighted by Crippen LogP contribution is -2.08. The number of benzene rings is 2. The lowest BCUT2D eigenvalue weighted by molar-refractivity contribution is 0.0472. The average molecular weight is 280 g/mol. The second-order valence-corrected chi connectivity index (χ2v) is 4.91. The minimum Gasteiger partial charge on any atom is -0.457 e. The van der Waals surface area contributed by atoms with E-state index in [0.717, 1.165) is 16.7 Å². The molecular weight excluding hydrogens is 264 g/mol. The summed E-state index contributed by atoms with van der Waals surface area (Å²) in [6.45, 7) is 3.87. The molecule has 0 saturated carbocycles. The van der Waals surface area contributed by atoms with Gasteiger partial charge in [0.25, 0.3) is 0 Å². The van der Waals surface area contributed by atoms with Gasteiger partial charge in [-0.25, -0.2) is 4.79 Å². The summed E-state index contributed by atoms with van der Waals surface area (Å²) in [4.78, 5) is 12.1. The maximum Gasteiger partial charge on any atom is 0.338 e. The van der Waals surface area contributed by atoms with E-state index in [9.17, 15) is 4.79 Å². The first kappa shape index (κ1) is 14.6. The molecule has 21 heavy (non-hydrogen) atoms. The highest BCUT2D eigenvalue weighted by atomic mass is 16.5. The van der Waals surface area contributed by atoms with E-state index in [1.165, 1.54) is 0 Å². The second kappa shape index (κ2) is 6.10. The molecule has 2 rings (SSSR count). The molecule has 2 N–H and O–H groups in total. The van der Waals surface area contributed by atoms with E-state index in [1.54, 1.807) is 24.3 Å². The standard InChI is InChI=1S/C17H16N2O2/c1-11-6-12(2)16(19)8-15(11)17(20)21-10-14-5-3-4-13(7-14)9-18/h3-8H,10,19H2,1-2H3. The Morgan fingerprint density at radius 3 is 2.71 bits per heavy atom. The number of hydrogen-bond donors (Lipinski definition) is 1. The molecule has 0 spiro atoms. The van der Waals surface area contributed by atoms with Crippen LogP contribution in [0.1, 0.15) is 32.6 Å². The Bertz CT molecular complexity index is 730. The van der Waals surface area contributed by atoms with Crippen molar-refractivity contribution in [3.63, 3.8) is 0 Å². The highest BCUT2D eigenvalue weighted by Gasteiger charge is 2.12. The zero-order chi connectivity index (χ0) is 15.4. The van der Waals surface area contributed by atoms with Gasteiger partial charge in [-0.2, -0.15) is 5.26 Å². The van der Waals surface area contributed by atoms with Crippen LogP contribution in [0, 0.1) is 25.2 Å². The quantitative estimate of drug-likeness (QED) is 0.692. The smallest absolute Gasteiger partial charge is 0.338 e. The Hall–Kier alpha value is -2.80. The summed E-state index contributed by atoms with van der Waals surface area (Å²) in [6, 6.07) is 12.5. The van der Waals surface area contributed by atoms with Gasteiger partial charge in [0.1, 0.15) is 6.61 Å². The third kappa shape index (κ3) is 3.40. The third-order valence-corrected chi connectivity index (χ3v) is 3.26. The maximum absolute atomic E-state index is 12.1. The highest BCUT2D eigenvalue weighted by Crippen LogP contribution is 2.19. The molecule has 2 aromatic carbocycles. The van der Waals surface area contributed by atoms with Gasteiger partial charge in [-0.05, 0) is 48.7 Å². The van der Waals surface area contributed by atoms with Crippen molar-refractivity contribution in [1.29, 1.82) is 5.26 Å². The maximum atomic E-state index is 12.1. The Morgan fingerprint density at radius 2 is 2.00 bits per heavy atom. The minimum absolute atomic E-state index is 0.127. The molecule has 0 aliphatic rings. The van der Waals surface area contributed by atoms with Crippen molar-refractivity contribution in [1.82, 2.24) is 0 Å². The molecule has 0 bridgehead atoms. The van der Waals surface area contributed by atoms with Crippen LogP contribution in [-0.2, 0) is 11.3 Å². The summed E-state index contributed by atoms with van der Waals surface area (Å²) < 4.78 is 5.29. The highest BCUT2D eigenvalue weighted by molar-refractivity contribution is 5.92. The number of anilines is 1. The number of nitrogens with two attached hydrogens (primary N) is 1. The Balaban J connectivity index is 2.12. The van der Waals surface area contributed by atoms with Crippen molar-refractivity contribution in [2.24, 2.45) is 0 Å². The van der Waals surface area contributed by atoms with Crippen LogP contribution in [0.5, 0.6) is 0 Å². The fourth-order valence-corrected chi connectivity index (χ4v) is 2.05. The number of esters is 1. The number of aryl methyl sites for hydroxylation is 2. The first-order valence-corrected chi connectivity index (χ1v) is 6.54. The molecule has 0 amide bonds. The van der Waals surface area contributed by atoms with Crippen molar-refractivity contribution >= 4 is 11.7 Å². The predicted octanol–water partition coefficient (Wildman–Crippen LogP) is 3.11. The van der Waals surface area contributed by atoms with Crippen molar-refractivity contribution in [2.75, 3.05) is 5.73 Å². The summed E-state index contributed by atoms with van der Waals surface area (Å²) in [5, 5.41) is 8.84. The van der Waals surface area contributed by atoms with E-state index in [0.29, 0.717) is 16.8 Å². The number of carbonyl (C=O) groups excluding carboxylic acids is 1. The molecule has 106 valence electrons. The van der Waals surface area contributed by atoms with Crippen LogP contribution in [0.4, 0.5) is 5.69 Å². The fourth-order valence-electron chi connectivity index (χ4n) is 2.05. The molecule has 0 aliphatic heterocycles. The number of ether oxygens (including phenoxy) is 1. The Labute approximate surface area is 123 Å². The number of nitriles is 1. The van der Waals surface area contributed by atoms with Gasteiger partial charge in [0.05, 0.1) is 17.2 Å². The number of rotatable bonds is 3. The number of nitrogens with zero attached hydrogens (tertiary/aromatic N) is 1. The number of hydrogen-bond acceptors (Lipinski definition) is 4. The number of carbonyl (C=O) groups is 1. The van der Waals surface area contributed by atoms with Gasteiger partial charge in [-0.15, -0.1) is 0 Å². The van der Waals surface area contributed by atoms with Crippen LogP contribution in [0.15, 0.2) is 36.4 Å². The van der Waals surface area contributed by atoms with Gasteiger partial charge >= 0.3 is 5.97 Å². The van der Waals surface area contributed by atoms with E-state index in [1.807, 2.05) is 26.0 Å². The third-order valence-electron chi connectivity index (χ3n) is 3.26. The van der Waals surface area contributed by atoms with E-state index in [2.05, 4.69) is 6.07 Å². The Kier molecular flexibility index (Phi) is 4.24. The van der Waals surface area contributed by atoms with Gasteiger partial charge < -0.3 is 10.5 Å². The molecule has 2 aromatic rings. The van der Waals surface area contributed by atoms with Gasteiger partial charge in [-0.1, -0.05) is 18.2 Å². The lowest BCUT2D eigenvalue weighted by Gasteiger charge is -2.10. The molecule has 0 saturated heterocycles. The van der Waals surface area contributed by atoms with Crippen molar-refractivity contribution in [3.8, 4) is 6.07 Å². The predicted molar refractivity (Wildman–Crippen MR) is 80.6 cm³/mol. The van der Waals surface area contributed by atoms with Crippen LogP contribution in [0.2, 0.25) is 0 Å². The molecule has 0 heterocycles. The molecule has 0 aliphatic carbocycles. The summed E-state index contributed by atoms with van der Waals surface area (Å²) in [7, 11) is 0. The minimum atomic E-state index is -0.415.